The minimum atomic E-state index is -0.204. The predicted molar refractivity (Wildman–Crippen MR) is 101 cm³/mol. The van der Waals surface area contributed by atoms with E-state index in [2.05, 4.69) is 10.6 Å². The highest BCUT2D eigenvalue weighted by Crippen LogP contribution is 2.15. The largest absolute Gasteiger partial charge is 0.491 e. The molecular weight excluding hydrogens is 332 g/mol. The lowest BCUT2D eigenvalue weighted by molar-refractivity contribution is -0.119. The fraction of sp³-hybridized carbons (Fsp3) is 0.300. The van der Waals surface area contributed by atoms with Crippen LogP contribution in [0.25, 0.3) is 0 Å². The fourth-order valence-corrected chi connectivity index (χ4v) is 2.25. The lowest BCUT2D eigenvalue weighted by Crippen LogP contribution is -2.19. The van der Waals surface area contributed by atoms with Crippen molar-refractivity contribution in [3.63, 3.8) is 0 Å². The third kappa shape index (κ3) is 6.22. The number of amides is 2. The van der Waals surface area contributed by atoms with Gasteiger partial charge in [-0.15, -0.1) is 0 Å². The summed E-state index contributed by atoms with van der Waals surface area (Å²) in [6, 6.07) is 14.1. The molecule has 2 N–H and O–H groups in total. The van der Waals surface area contributed by atoms with Gasteiger partial charge in [0.25, 0.3) is 5.91 Å². The summed E-state index contributed by atoms with van der Waals surface area (Å²) in [4.78, 5) is 23.7. The minimum absolute atomic E-state index is 0.0506. The first-order valence-corrected chi connectivity index (χ1v) is 8.54. The van der Waals surface area contributed by atoms with Crippen LogP contribution in [-0.2, 0) is 16.0 Å². The number of hydrogen-bond acceptors (Lipinski definition) is 4. The van der Waals surface area contributed by atoms with Crippen LogP contribution in [0.5, 0.6) is 5.75 Å². The Morgan fingerprint density at radius 3 is 2.27 bits per heavy atom. The molecule has 0 aromatic heterocycles. The predicted octanol–water partition coefficient (Wildman–Crippen LogP) is 2.64. The molecular formula is C20H24N2O4. The maximum Gasteiger partial charge on any atom is 0.255 e. The van der Waals surface area contributed by atoms with E-state index in [0.717, 1.165) is 5.56 Å². The van der Waals surface area contributed by atoms with E-state index in [9.17, 15) is 9.59 Å². The van der Waals surface area contributed by atoms with Crippen molar-refractivity contribution in [1.82, 2.24) is 5.32 Å². The lowest BCUT2D eigenvalue weighted by Gasteiger charge is -2.09. The normalized spacial score (nSPS) is 10.2. The smallest absolute Gasteiger partial charge is 0.255 e. The van der Waals surface area contributed by atoms with E-state index < -0.39 is 0 Å². The van der Waals surface area contributed by atoms with E-state index >= 15 is 0 Å². The van der Waals surface area contributed by atoms with Crippen molar-refractivity contribution >= 4 is 17.5 Å². The van der Waals surface area contributed by atoms with Gasteiger partial charge in [-0.05, 0) is 48.9 Å². The van der Waals surface area contributed by atoms with Gasteiger partial charge in [-0.3, -0.25) is 9.59 Å². The molecule has 0 aliphatic carbocycles. The van der Waals surface area contributed by atoms with Crippen LogP contribution >= 0.6 is 0 Å². The van der Waals surface area contributed by atoms with E-state index in [1.807, 2.05) is 19.1 Å². The first kappa shape index (κ1) is 19.5. The van der Waals surface area contributed by atoms with Gasteiger partial charge < -0.3 is 20.1 Å². The van der Waals surface area contributed by atoms with Crippen molar-refractivity contribution < 1.29 is 19.1 Å². The van der Waals surface area contributed by atoms with Gasteiger partial charge in [0.05, 0.1) is 13.0 Å². The van der Waals surface area contributed by atoms with Crippen molar-refractivity contribution in [3.8, 4) is 5.75 Å². The summed E-state index contributed by atoms with van der Waals surface area (Å²) in [5.41, 5.74) is 2.10. The average molecular weight is 356 g/mol. The Balaban J connectivity index is 1.87. The van der Waals surface area contributed by atoms with Crippen molar-refractivity contribution in [3.05, 3.63) is 59.7 Å². The SMILES string of the molecule is CCOCCOc1ccc(C(=O)Nc2ccc(CC(=O)NC)cc2)cc1. The highest BCUT2D eigenvalue weighted by atomic mass is 16.5. The van der Waals surface area contributed by atoms with Crippen molar-refractivity contribution in [1.29, 1.82) is 0 Å². The lowest BCUT2D eigenvalue weighted by atomic mass is 10.1. The molecule has 0 bridgehead atoms. The number of carbonyl (C=O) groups is 2. The molecule has 0 spiro atoms. The minimum Gasteiger partial charge on any atom is -0.491 e. The number of likely N-dealkylation sites (N-methyl/N-ethyl adjacent to an activating group) is 1. The van der Waals surface area contributed by atoms with Gasteiger partial charge in [0.1, 0.15) is 12.4 Å². The summed E-state index contributed by atoms with van der Waals surface area (Å²) >= 11 is 0. The van der Waals surface area contributed by atoms with Crippen LogP contribution < -0.4 is 15.4 Å². The zero-order chi connectivity index (χ0) is 18.8. The third-order valence-corrected chi connectivity index (χ3v) is 3.67. The molecule has 0 fully saturated rings. The Labute approximate surface area is 153 Å². The first-order valence-electron chi connectivity index (χ1n) is 8.54. The van der Waals surface area contributed by atoms with Gasteiger partial charge in [0, 0.05) is 24.9 Å². The molecule has 0 atom stereocenters. The van der Waals surface area contributed by atoms with Crippen LogP contribution in [0.2, 0.25) is 0 Å². The number of carbonyl (C=O) groups excluding carboxylic acids is 2. The summed E-state index contributed by atoms with van der Waals surface area (Å²) in [7, 11) is 1.60. The Bertz CT molecular complexity index is 712. The molecule has 6 nitrogen and oxygen atoms in total. The Kier molecular flexibility index (Phi) is 7.64. The van der Waals surface area contributed by atoms with Crippen molar-refractivity contribution in [2.75, 3.05) is 32.2 Å². The number of rotatable bonds is 9. The summed E-state index contributed by atoms with van der Waals surface area (Å²) < 4.78 is 10.7. The van der Waals surface area contributed by atoms with Crippen LogP contribution in [0.15, 0.2) is 48.5 Å². The molecule has 0 unspecified atom stereocenters. The fourth-order valence-electron chi connectivity index (χ4n) is 2.25. The van der Waals surface area contributed by atoms with E-state index in [1.54, 1.807) is 43.4 Å². The molecule has 0 aliphatic rings. The number of hydrogen-bond donors (Lipinski definition) is 2. The highest BCUT2D eigenvalue weighted by Gasteiger charge is 2.07. The molecule has 26 heavy (non-hydrogen) atoms. The molecule has 2 amide bonds. The van der Waals surface area contributed by atoms with Crippen molar-refractivity contribution in [2.45, 2.75) is 13.3 Å². The first-order chi connectivity index (χ1) is 12.6. The van der Waals surface area contributed by atoms with Gasteiger partial charge >= 0.3 is 0 Å². The van der Waals surface area contributed by atoms with Gasteiger partial charge in [-0.2, -0.15) is 0 Å². The van der Waals surface area contributed by atoms with E-state index in [0.29, 0.717) is 43.2 Å². The Hall–Kier alpha value is -2.86. The molecule has 2 aromatic carbocycles. The quantitative estimate of drug-likeness (QED) is 0.677. The summed E-state index contributed by atoms with van der Waals surface area (Å²) in [5, 5.41) is 5.41. The number of nitrogens with one attached hydrogen (secondary N) is 2. The van der Waals surface area contributed by atoms with Crippen LogP contribution in [0.1, 0.15) is 22.8 Å². The summed E-state index contributed by atoms with van der Waals surface area (Å²) in [5.74, 6) is 0.440. The van der Waals surface area contributed by atoms with Gasteiger partial charge in [-0.1, -0.05) is 12.1 Å². The second kappa shape index (κ2) is 10.2. The molecule has 138 valence electrons. The Morgan fingerprint density at radius 2 is 1.65 bits per heavy atom. The standard InChI is InChI=1S/C20H24N2O4/c1-3-25-12-13-26-18-10-6-16(7-11-18)20(24)22-17-8-4-15(5-9-17)14-19(23)21-2/h4-11H,3,12-14H2,1-2H3,(H,21,23)(H,22,24). The van der Waals surface area contributed by atoms with Crippen LogP contribution in [0, 0.1) is 0 Å². The maximum atomic E-state index is 12.3. The molecule has 6 heteroatoms. The number of ether oxygens (including phenoxy) is 2. The molecule has 0 heterocycles. The molecule has 2 aromatic rings. The van der Waals surface area contributed by atoms with Crippen molar-refractivity contribution in [2.24, 2.45) is 0 Å². The topological polar surface area (TPSA) is 76.7 Å². The monoisotopic (exact) mass is 356 g/mol. The Morgan fingerprint density at radius 1 is 0.962 bits per heavy atom. The third-order valence-electron chi connectivity index (χ3n) is 3.67. The van der Waals surface area contributed by atoms with Gasteiger partial charge in [0.15, 0.2) is 0 Å². The summed E-state index contributed by atoms with van der Waals surface area (Å²) in [6.07, 6.45) is 0.315. The second-order valence-electron chi connectivity index (χ2n) is 5.57. The molecule has 0 saturated carbocycles. The van der Waals surface area contributed by atoms with Crippen LogP contribution in [-0.4, -0.2) is 38.7 Å². The zero-order valence-corrected chi connectivity index (χ0v) is 15.1. The van der Waals surface area contributed by atoms with E-state index in [4.69, 9.17) is 9.47 Å². The molecule has 0 aliphatic heterocycles. The van der Waals surface area contributed by atoms with E-state index in [1.165, 1.54) is 0 Å². The van der Waals surface area contributed by atoms with Gasteiger partial charge in [-0.25, -0.2) is 0 Å². The molecule has 0 radical (unpaired) electrons. The number of benzene rings is 2. The molecule has 0 saturated heterocycles. The van der Waals surface area contributed by atoms with Crippen LogP contribution in [0.4, 0.5) is 5.69 Å². The maximum absolute atomic E-state index is 12.3. The zero-order valence-electron chi connectivity index (χ0n) is 15.1. The number of anilines is 1. The molecule has 2 rings (SSSR count). The van der Waals surface area contributed by atoms with E-state index in [-0.39, 0.29) is 11.8 Å². The van der Waals surface area contributed by atoms with Gasteiger partial charge in [0.2, 0.25) is 5.91 Å². The average Bonchev–Trinajstić information content (AvgIpc) is 2.67. The van der Waals surface area contributed by atoms with Crippen LogP contribution in [0.3, 0.4) is 0 Å². The second-order valence-corrected chi connectivity index (χ2v) is 5.57. The highest BCUT2D eigenvalue weighted by molar-refractivity contribution is 6.04. The summed E-state index contributed by atoms with van der Waals surface area (Å²) in [6.45, 7) is 3.61.